The summed E-state index contributed by atoms with van der Waals surface area (Å²) in [5, 5.41) is 0. The molecular weight excluding hydrogens is 338 g/mol. The van der Waals surface area contributed by atoms with Gasteiger partial charge in [-0.25, -0.2) is 18.4 Å². The van der Waals surface area contributed by atoms with Crippen LogP contribution in [0.5, 0.6) is 5.75 Å². The topological polar surface area (TPSA) is 72.4 Å². The van der Waals surface area contributed by atoms with Crippen LogP contribution in [-0.2, 0) is 23.2 Å². The van der Waals surface area contributed by atoms with Gasteiger partial charge in [0.25, 0.3) is 0 Å². The van der Waals surface area contributed by atoms with E-state index in [0.29, 0.717) is 24.7 Å². The molecule has 0 saturated carbocycles. The Morgan fingerprint density at radius 3 is 2.52 bits per heavy atom. The van der Waals surface area contributed by atoms with Crippen molar-refractivity contribution in [2.45, 2.75) is 45.9 Å². The Bertz CT molecular complexity index is 804. The van der Waals surface area contributed by atoms with Gasteiger partial charge >= 0.3 is 0 Å². The molecule has 0 amide bonds. The van der Waals surface area contributed by atoms with Crippen LogP contribution in [0.25, 0.3) is 0 Å². The van der Waals surface area contributed by atoms with Crippen LogP contribution in [0.3, 0.4) is 0 Å². The van der Waals surface area contributed by atoms with E-state index in [9.17, 15) is 8.42 Å². The zero-order chi connectivity index (χ0) is 17.9. The lowest BCUT2D eigenvalue weighted by Gasteiger charge is -2.32. The highest BCUT2D eigenvalue weighted by atomic mass is 32.2. The van der Waals surface area contributed by atoms with Gasteiger partial charge in [-0.15, -0.1) is 0 Å². The van der Waals surface area contributed by atoms with Gasteiger partial charge in [-0.2, -0.15) is 4.31 Å². The number of benzene rings is 1. The van der Waals surface area contributed by atoms with Gasteiger partial charge in [0.05, 0.1) is 5.75 Å². The molecule has 1 aliphatic heterocycles. The molecule has 1 fully saturated rings. The number of aryl methyl sites for hydroxylation is 1. The van der Waals surface area contributed by atoms with Crippen LogP contribution >= 0.6 is 0 Å². The molecule has 1 aromatic heterocycles. The number of rotatable bonds is 5. The first-order valence-corrected chi connectivity index (χ1v) is 10.0. The third-order valence-electron chi connectivity index (χ3n) is 4.34. The van der Waals surface area contributed by atoms with Crippen LogP contribution in [0.1, 0.15) is 36.7 Å². The first-order valence-electron chi connectivity index (χ1n) is 8.43. The number of hydrogen-bond donors (Lipinski definition) is 0. The Hall–Kier alpha value is -1.99. The van der Waals surface area contributed by atoms with Gasteiger partial charge < -0.3 is 4.74 Å². The Balaban J connectivity index is 1.61. The molecule has 2 aromatic rings. The van der Waals surface area contributed by atoms with Crippen LogP contribution < -0.4 is 4.74 Å². The van der Waals surface area contributed by atoms with E-state index in [2.05, 4.69) is 9.97 Å². The summed E-state index contributed by atoms with van der Waals surface area (Å²) in [7, 11) is -3.15. The minimum absolute atomic E-state index is 0.0494. The summed E-state index contributed by atoms with van der Waals surface area (Å²) in [5.41, 5.74) is 1.96. The van der Waals surface area contributed by atoms with Gasteiger partial charge in [-0.3, -0.25) is 0 Å². The monoisotopic (exact) mass is 361 g/mol. The predicted octanol–water partition coefficient (Wildman–Crippen LogP) is 2.68. The molecule has 7 heteroatoms. The van der Waals surface area contributed by atoms with E-state index in [0.717, 1.165) is 24.0 Å². The van der Waals surface area contributed by atoms with Gasteiger partial charge in [-0.1, -0.05) is 12.1 Å². The second kappa shape index (κ2) is 7.49. The third kappa shape index (κ3) is 4.55. The number of hydrogen-bond acceptors (Lipinski definition) is 5. The zero-order valence-corrected chi connectivity index (χ0v) is 15.4. The molecule has 1 atom stereocenters. The van der Waals surface area contributed by atoms with Gasteiger partial charge in [0.1, 0.15) is 12.4 Å². The maximum atomic E-state index is 12.2. The number of sulfonamides is 1. The average Bonchev–Trinajstić information content (AvgIpc) is 2.59. The maximum absolute atomic E-state index is 12.2. The summed E-state index contributed by atoms with van der Waals surface area (Å²) >= 11 is 0. The number of aromatic nitrogens is 2. The van der Waals surface area contributed by atoms with Crippen LogP contribution in [0.15, 0.2) is 36.7 Å². The predicted molar refractivity (Wildman–Crippen MR) is 95.6 cm³/mol. The van der Waals surface area contributed by atoms with E-state index in [-0.39, 0.29) is 11.8 Å². The number of ether oxygens (including phenoxy) is 1. The highest BCUT2D eigenvalue weighted by Gasteiger charge is 2.31. The van der Waals surface area contributed by atoms with E-state index >= 15 is 0 Å². The Kier molecular flexibility index (Phi) is 5.34. The summed E-state index contributed by atoms with van der Waals surface area (Å²) in [6.07, 6.45) is 5.18. The van der Waals surface area contributed by atoms with Crippen LogP contribution in [0, 0.1) is 6.92 Å². The molecule has 0 bridgehead atoms. The summed E-state index contributed by atoms with van der Waals surface area (Å²) < 4.78 is 31.8. The quantitative estimate of drug-likeness (QED) is 0.819. The largest absolute Gasteiger partial charge is 0.486 e. The summed E-state index contributed by atoms with van der Waals surface area (Å²) in [6.45, 7) is 4.62. The fourth-order valence-electron chi connectivity index (χ4n) is 2.86. The van der Waals surface area contributed by atoms with E-state index in [1.807, 2.05) is 38.1 Å². The maximum Gasteiger partial charge on any atom is 0.214 e. The summed E-state index contributed by atoms with van der Waals surface area (Å²) in [4.78, 5) is 8.41. The standard InChI is InChI=1S/C18H23N3O3S/c1-14-10-19-18(20-11-14)13-24-17-7-5-16(6-8-17)12-21-15(2)4-3-9-25(21,22)23/h5-8,10-11,15H,3-4,9,12-13H2,1-2H3. The second-order valence-electron chi connectivity index (χ2n) is 6.46. The number of nitrogens with zero attached hydrogens (tertiary/aromatic N) is 3. The highest BCUT2D eigenvalue weighted by Crippen LogP contribution is 2.24. The molecule has 0 spiro atoms. The van der Waals surface area contributed by atoms with Gasteiger partial charge in [0.15, 0.2) is 5.82 Å². The van der Waals surface area contributed by atoms with Crippen LogP contribution in [0.4, 0.5) is 0 Å². The van der Waals surface area contributed by atoms with Gasteiger partial charge in [0, 0.05) is 25.0 Å². The molecule has 134 valence electrons. The molecule has 1 unspecified atom stereocenters. The molecule has 1 saturated heterocycles. The van der Waals surface area contributed by atoms with E-state index < -0.39 is 10.0 Å². The van der Waals surface area contributed by atoms with Crippen molar-refractivity contribution in [3.05, 3.63) is 53.6 Å². The molecular formula is C18H23N3O3S. The molecule has 0 aliphatic carbocycles. The minimum Gasteiger partial charge on any atom is -0.486 e. The summed E-state index contributed by atoms with van der Waals surface area (Å²) in [5.74, 6) is 1.58. The fraction of sp³-hybridized carbons (Fsp3) is 0.444. The Morgan fingerprint density at radius 2 is 1.88 bits per heavy atom. The second-order valence-corrected chi connectivity index (χ2v) is 8.50. The van der Waals surface area contributed by atoms with Gasteiger partial charge in [-0.05, 0) is 49.9 Å². The van der Waals surface area contributed by atoms with E-state index in [1.165, 1.54) is 0 Å². The smallest absolute Gasteiger partial charge is 0.214 e. The normalized spacial score (nSPS) is 20.3. The first-order chi connectivity index (χ1) is 11.9. The Labute approximate surface area is 148 Å². The van der Waals surface area contributed by atoms with Crippen molar-refractivity contribution >= 4 is 10.0 Å². The van der Waals surface area contributed by atoms with Gasteiger partial charge in [0.2, 0.25) is 10.0 Å². The van der Waals surface area contributed by atoms with Crippen LogP contribution in [0.2, 0.25) is 0 Å². The van der Waals surface area contributed by atoms with E-state index in [1.54, 1.807) is 16.7 Å². The molecule has 0 N–H and O–H groups in total. The minimum atomic E-state index is -3.15. The SMILES string of the molecule is Cc1cnc(COc2ccc(CN3C(C)CCCS3(=O)=O)cc2)nc1. The molecule has 1 aromatic carbocycles. The average molecular weight is 361 g/mol. The van der Waals surface area contributed by atoms with Crippen molar-refractivity contribution in [2.24, 2.45) is 0 Å². The lowest BCUT2D eigenvalue weighted by molar-refractivity contribution is 0.292. The molecule has 6 nitrogen and oxygen atoms in total. The highest BCUT2D eigenvalue weighted by molar-refractivity contribution is 7.89. The molecule has 0 radical (unpaired) electrons. The molecule has 25 heavy (non-hydrogen) atoms. The zero-order valence-electron chi connectivity index (χ0n) is 14.6. The molecule has 3 rings (SSSR count). The fourth-order valence-corrected chi connectivity index (χ4v) is 4.63. The van der Waals surface area contributed by atoms with E-state index in [4.69, 9.17) is 4.74 Å². The summed E-state index contributed by atoms with van der Waals surface area (Å²) in [6, 6.07) is 7.56. The van der Waals surface area contributed by atoms with Crippen molar-refractivity contribution in [2.75, 3.05) is 5.75 Å². The lowest BCUT2D eigenvalue weighted by atomic mass is 10.1. The Morgan fingerprint density at radius 1 is 1.20 bits per heavy atom. The van der Waals surface area contributed by atoms with Crippen molar-refractivity contribution in [1.82, 2.24) is 14.3 Å². The molecule has 1 aliphatic rings. The van der Waals surface area contributed by atoms with Crippen molar-refractivity contribution < 1.29 is 13.2 Å². The van der Waals surface area contributed by atoms with Crippen molar-refractivity contribution in [1.29, 1.82) is 0 Å². The van der Waals surface area contributed by atoms with Crippen LogP contribution in [-0.4, -0.2) is 34.5 Å². The first kappa shape index (κ1) is 17.8. The van der Waals surface area contributed by atoms with Crippen molar-refractivity contribution in [3.63, 3.8) is 0 Å². The molecule has 2 heterocycles. The van der Waals surface area contributed by atoms with Crippen molar-refractivity contribution in [3.8, 4) is 5.75 Å². The third-order valence-corrected chi connectivity index (χ3v) is 6.35. The lowest BCUT2D eigenvalue weighted by Crippen LogP contribution is -2.43.